The van der Waals surface area contributed by atoms with Gasteiger partial charge in [0.05, 0.1) is 35.9 Å². The molecule has 0 spiro atoms. The maximum Gasteiger partial charge on any atom is 0.229 e. The van der Waals surface area contributed by atoms with Crippen molar-refractivity contribution >= 4 is 55.6 Å². The Bertz CT molecular complexity index is 1770. The van der Waals surface area contributed by atoms with Crippen molar-refractivity contribution in [2.24, 2.45) is 0 Å². The standard InChI is InChI=1S/C31H40N10O3S/c1-21-20-34-31(37-30(21)35-26-8-7-25-28(33-12-11-32-25)29(26)38-45(4,42)43)36-24-6-5-23(19-27(24)44-3)40-13-9-22(10-14-40)41-17-15-39(2)16-18-41/h5-8,11-12,19-20,22,38H,9-10,13-18H2,1-4H3,(H2,34,35,36,37). The minimum Gasteiger partial charge on any atom is -0.494 e. The number of ether oxygens (including phenoxy) is 1. The van der Waals surface area contributed by atoms with Crippen molar-refractivity contribution in [3.63, 3.8) is 0 Å². The molecule has 0 unspecified atom stereocenters. The third-order valence-electron chi connectivity index (χ3n) is 8.47. The molecule has 0 radical (unpaired) electrons. The summed E-state index contributed by atoms with van der Waals surface area (Å²) >= 11 is 0. The molecule has 0 saturated carbocycles. The first-order chi connectivity index (χ1) is 21.7. The van der Waals surface area contributed by atoms with Crippen LogP contribution in [-0.4, -0.2) is 104 Å². The maximum atomic E-state index is 12.2. The highest BCUT2D eigenvalue weighted by atomic mass is 32.2. The van der Waals surface area contributed by atoms with Crippen LogP contribution in [0.25, 0.3) is 11.0 Å². The fourth-order valence-electron chi connectivity index (χ4n) is 5.96. The largest absolute Gasteiger partial charge is 0.494 e. The van der Waals surface area contributed by atoms with Crippen molar-refractivity contribution in [2.45, 2.75) is 25.8 Å². The molecule has 13 nitrogen and oxygen atoms in total. The van der Waals surface area contributed by atoms with Gasteiger partial charge in [0.2, 0.25) is 16.0 Å². The molecule has 2 fully saturated rings. The summed E-state index contributed by atoms with van der Waals surface area (Å²) in [5, 5.41) is 6.56. The van der Waals surface area contributed by atoms with Crippen LogP contribution in [0.4, 0.5) is 34.5 Å². The quantitative estimate of drug-likeness (QED) is 0.247. The fraction of sp³-hybridized carbons (Fsp3) is 0.419. The van der Waals surface area contributed by atoms with E-state index in [-0.39, 0.29) is 0 Å². The van der Waals surface area contributed by atoms with E-state index in [0.29, 0.717) is 46.0 Å². The van der Waals surface area contributed by atoms with E-state index in [0.717, 1.165) is 75.3 Å². The molecule has 3 N–H and O–H groups in total. The Hall–Kier alpha value is -4.27. The summed E-state index contributed by atoms with van der Waals surface area (Å²) in [4.78, 5) is 25.3. The number of nitrogens with zero attached hydrogens (tertiary/aromatic N) is 7. The van der Waals surface area contributed by atoms with Crippen molar-refractivity contribution in [2.75, 3.05) is 79.9 Å². The van der Waals surface area contributed by atoms with Gasteiger partial charge in [0, 0.05) is 81.2 Å². The molecule has 0 aliphatic carbocycles. The number of benzene rings is 2. The molecule has 2 aromatic heterocycles. The molecular weight excluding hydrogens is 592 g/mol. The second kappa shape index (κ2) is 13.0. The molecule has 4 heterocycles. The topological polar surface area (TPSA) is 141 Å². The van der Waals surface area contributed by atoms with E-state index in [4.69, 9.17) is 9.72 Å². The molecule has 2 aliphatic rings. The number of hydrogen-bond donors (Lipinski definition) is 3. The number of piperazine rings is 1. The normalized spacial score (nSPS) is 16.9. The average molecular weight is 633 g/mol. The number of fused-ring (bicyclic) bond motifs is 1. The molecule has 2 saturated heterocycles. The van der Waals surface area contributed by atoms with Crippen LogP contribution < -0.4 is 25.0 Å². The molecule has 0 atom stereocenters. The van der Waals surface area contributed by atoms with Gasteiger partial charge in [-0.15, -0.1) is 0 Å². The van der Waals surface area contributed by atoms with Gasteiger partial charge < -0.3 is 25.2 Å². The number of likely N-dealkylation sites (N-methyl/N-ethyl adjacent to an activating group) is 1. The Morgan fingerprint density at radius 2 is 1.64 bits per heavy atom. The minimum absolute atomic E-state index is 0.292. The summed E-state index contributed by atoms with van der Waals surface area (Å²) in [5.74, 6) is 1.56. The van der Waals surface area contributed by atoms with E-state index < -0.39 is 10.0 Å². The highest BCUT2D eigenvalue weighted by molar-refractivity contribution is 7.92. The van der Waals surface area contributed by atoms with Gasteiger partial charge in [-0.2, -0.15) is 4.98 Å². The molecule has 2 aliphatic heterocycles. The van der Waals surface area contributed by atoms with Gasteiger partial charge in [0.1, 0.15) is 17.1 Å². The Morgan fingerprint density at radius 1 is 0.911 bits per heavy atom. The van der Waals surface area contributed by atoms with Gasteiger partial charge in [0.25, 0.3) is 0 Å². The summed E-state index contributed by atoms with van der Waals surface area (Å²) in [6, 6.07) is 10.3. The van der Waals surface area contributed by atoms with Crippen LogP contribution in [-0.2, 0) is 10.0 Å². The average Bonchev–Trinajstić information content (AvgIpc) is 3.04. The second-order valence-corrected chi connectivity index (χ2v) is 13.5. The van der Waals surface area contributed by atoms with E-state index in [9.17, 15) is 8.42 Å². The third-order valence-corrected chi connectivity index (χ3v) is 9.04. The van der Waals surface area contributed by atoms with Gasteiger partial charge in [-0.25, -0.2) is 13.4 Å². The number of piperidine rings is 1. The van der Waals surface area contributed by atoms with E-state index >= 15 is 0 Å². The Morgan fingerprint density at radius 3 is 2.38 bits per heavy atom. The van der Waals surface area contributed by atoms with Crippen LogP contribution in [0.15, 0.2) is 48.9 Å². The zero-order chi connectivity index (χ0) is 31.6. The van der Waals surface area contributed by atoms with Crippen molar-refractivity contribution in [1.82, 2.24) is 29.7 Å². The summed E-state index contributed by atoms with van der Waals surface area (Å²) in [6.07, 6.45) is 8.19. The Kier molecular flexibility index (Phi) is 8.88. The second-order valence-electron chi connectivity index (χ2n) is 11.7. The molecule has 2 aromatic carbocycles. The van der Waals surface area contributed by atoms with Gasteiger partial charge in [-0.3, -0.25) is 19.6 Å². The van der Waals surface area contributed by atoms with Gasteiger partial charge in [-0.05, 0) is 51.1 Å². The smallest absolute Gasteiger partial charge is 0.229 e. The van der Waals surface area contributed by atoms with Gasteiger partial charge >= 0.3 is 0 Å². The van der Waals surface area contributed by atoms with Crippen LogP contribution in [0.1, 0.15) is 18.4 Å². The number of methoxy groups -OCH3 is 1. The SMILES string of the molecule is COc1cc(N2CCC(N3CCN(C)CC3)CC2)ccc1Nc1ncc(C)c(Nc2ccc3nccnc3c2NS(C)(=O)=O)n1. The predicted octanol–water partition coefficient (Wildman–Crippen LogP) is 3.81. The molecule has 238 valence electrons. The Balaban J connectivity index is 1.18. The first-order valence-corrected chi connectivity index (χ1v) is 17.0. The van der Waals surface area contributed by atoms with Crippen LogP contribution >= 0.6 is 0 Å². The lowest BCUT2D eigenvalue weighted by Gasteiger charge is -2.42. The number of anilines is 6. The fourth-order valence-corrected chi connectivity index (χ4v) is 6.54. The van der Waals surface area contributed by atoms with E-state index in [2.05, 4.69) is 64.2 Å². The highest BCUT2D eigenvalue weighted by Crippen LogP contribution is 2.35. The summed E-state index contributed by atoms with van der Waals surface area (Å²) in [6.45, 7) is 8.51. The van der Waals surface area contributed by atoms with Crippen LogP contribution in [0.5, 0.6) is 5.75 Å². The maximum absolute atomic E-state index is 12.2. The van der Waals surface area contributed by atoms with Crippen molar-refractivity contribution in [3.8, 4) is 5.75 Å². The van der Waals surface area contributed by atoms with Crippen molar-refractivity contribution in [1.29, 1.82) is 0 Å². The molecule has 0 bridgehead atoms. The summed E-state index contributed by atoms with van der Waals surface area (Å²) < 4.78 is 32.8. The number of aryl methyl sites for hydroxylation is 1. The van der Waals surface area contributed by atoms with Crippen LogP contribution in [0.3, 0.4) is 0 Å². The summed E-state index contributed by atoms with van der Waals surface area (Å²) in [5.41, 5.74) is 4.40. The molecule has 0 amide bonds. The molecule has 14 heteroatoms. The van der Waals surface area contributed by atoms with E-state index in [1.165, 1.54) is 6.20 Å². The number of sulfonamides is 1. The first-order valence-electron chi connectivity index (χ1n) is 15.1. The molecular formula is C31H40N10O3S. The zero-order valence-corrected chi connectivity index (χ0v) is 26.9. The molecule has 4 aromatic rings. The molecule has 45 heavy (non-hydrogen) atoms. The number of hydrogen-bond acceptors (Lipinski definition) is 12. The monoisotopic (exact) mass is 632 g/mol. The van der Waals surface area contributed by atoms with Crippen LogP contribution in [0.2, 0.25) is 0 Å². The van der Waals surface area contributed by atoms with E-state index in [1.54, 1.807) is 31.6 Å². The zero-order valence-electron chi connectivity index (χ0n) is 26.1. The van der Waals surface area contributed by atoms with Crippen molar-refractivity contribution < 1.29 is 13.2 Å². The predicted molar refractivity (Wildman–Crippen MR) is 179 cm³/mol. The number of nitrogens with one attached hydrogen (secondary N) is 3. The number of aromatic nitrogens is 4. The van der Waals surface area contributed by atoms with Gasteiger partial charge in [-0.1, -0.05) is 0 Å². The summed E-state index contributed by atoms with van der Waals surface area (Å²) in [7, 11) is 0.263. The lowest BCUT2D eigenvalue weighted by molar-refractivity contribution is 0.0982. The Labute approximate surface area is 264 Å². The first kappa shape index (κ1) is 30.7. The lowest BCUT2D eigenvalue weighted by atomic mass is 10.0. The number of rotatable bonds is 9. The highest BCUT2D eigenvalue weighted by Gasteiger charge is 2.27. The lowest BCUT2D eigenvalue weighted by Crippen LogP contribution is -2.52. The molecule has 6 rings (SSSR count). The minimum atomic E-state index is -3.60. The third kappa shape index (κ3) is 7.18. The van der Waals surface area contributed by atoms with Crippen LogP contribution in [0, 0.1) is 6.92 Å². The van der Waals surface area contributed by atoms with E-state index in [1.807, 2.05) is 13.0 Å². The van der Waals surface area contributed by atoms with Gasteiger partial charge in [0.15, 0.2) is 0 Å². The van der Waals surface area contributed by atoms with Crippen molar-refractivity contribution in [3.05, 3.63) is 54.5 Å².